The number of sulfonamides is 1. The summed E-state index contributed by atoms with van der Waals surface area (Å²) in [5.74, 6) is -0.242. The van der Waals surface area contributed by atoms with E-state index >= 15 is 0 Å². The molecule has 0 aliphatic rings. The van der Waals surface area contributed by atoms with E-state index in [2.05, 4.69) is 10.3 Å². The quantitative estimate of drug-likeness (QED) is 0.798. The number of halogens is 1. The highest BCUT2D eigenvalue weighted by molar-refractivity contribution is 7.91. The molecule has 2 rings (SSSR count). The van der Waals surface area contributed by atoms with Crippen molar-refractivity contribution >= 4 is 26.5 Å². The molecular weight excluding hydrogens is 301 g/mol. The van der Waals surface area contributed by atoms with Crippen molar-refractivity contribution in [3.63, 3.8) is 0 Å². The Morgan fingerprint density at radius 3 is 2.85 bits per heavy atom. The summed E-state index contributed by atoms with van der Waals surface area (Å²) in [6.07, 6.45) is 2.75. The lowest BCUT2D eigenvalue weighted by atomic mass is 10.1. The van der Waals surface area contributed by atoms with Gasteiger partial charge in [-0.05, 0) is 30.5 Å². The van der Waals surface area contributed by atoms with E-state index in [1.165, 1.54) is 18.3 Å². The van der Waals surface area contributed by atoms with E-state index in [4.69, 9.17) is 5.14 Å². The van der Waals surface area contributed by atoms with E-state index in [-0.39, 0.29) is 10.0 Å². The summed E-state index contributed by atoms with van der Waals surface area (Å²) in [6, 6.07) is 6.46. The van der Waals surface area contributed by atoms with Crippen LogP contribution in [0.1, 0.15) is 12.0 Å². The Kier molecular flexibility index (Phi) is 4.69. The summed E-state index contributed by atoms with van der Waals surface area (Å²) in [4.78, 5) is 3.93. The molecule has 0 radical (unpaired) electrons. The number of benzene rings is 1. The maximum atomic E-state index is 13.0. The molecule has 5 nitrogen and oxygen atoms in total. The van der Waals surface area contributed by atoms with Crippen LogP contribution in [0.3, 0.4) is 0 Å². The van der Waals surface area contributed by atoms with Crippen LogP contribution in [0.2, 0.25) is 0 Å². The molecule has 1 aromatic heterocycles. The van der Waals surface area contributed by atoms with E-state index in [0.717, 1.165) is 29.7 Å². The van der Waals surface area contributed by atoms with Crippen LogP contribution < -0.4 is 10.5 Å². The lowest BCUT2D eigenvalue weighted by Gasteiger charge is -2.03. The standard InChI is InChI=1S/C12H14FN3O2S2/c13-10-5-1-3-9(7-10)4-2-6-15-12-16-8-11(19-12)20(14,17)18/h1,3,5,7-8H,2,4,6H2,(H,15,16)(H2,14,17,18). The maximum Gasteiger partial charge on any atom is 0.249 e. The highest BCUT2D eigenvalue weighted by Gasteiger charge is 2.12. The van der Waals surface area contributed by atoms with Crippen LogP contribution in [0, 0.1) is 5.82 Å². The van der Waals surface area contributed by atoms with Crippen LogP contribution in [0.25, 0.3) is 0 Å². The molecule has 0 fully saturated rings. The van der Waals surface area contributed by atoms with Crippen LogP contribution in [0.5, 0.6) is 0 Å². The minimum absolute atomic E-state index is 0.0325. The monoisotopic (exact) mass is 315 g/mol. The summed E-state index contributed by atoms with van der Waals surface area (Å²) in [5.41, 5.74) is 0.927. The minimum atomic E-state index is -3.69. The van der Waals surface area contributed by atoms with Gasteiger partial charge >= 0.3 is 0 Å². The molecular formula is C12H14FN3O2S2. The van der Waals surface area contributed by atoms with Crippen LogP contribution in [0.4, 0.5) is 9.52 Å². The third-order valence-corrected chi connectivity index (χ3v) is 4.94. The molecule has 0 aliphatic carbocycles. The second-order valence-corrected chi connectivity index (χ2v) is 7.01. The Balaban J connectivity index is 1.80. The van der Waals surface area contributed by atoms with E-state index in [9.17, 15) is 12.8 Å². The second kappa shape index (κ2) is 6.29. The predicted molar refractivity (Wildman–Crippen MR) is 76.7 cm³/mol. The van der Waals surface area contributed by atoms with E-state index in [1.54, 1.807) is 6.07 Å². The topological polar surface area (TPSA) is 85.1 Å². The molecule has 108 valence electrons. The van der Waals surface area contributed by atoms with Crippen molar-refractivity contribution in [3.8, 4) is 0 Å². The zero-order valence-corrected chi connectivity index (χ0v) is 12.2. The van der Waals surface area contributed by atoms with Crippen LogP contribution in [-0.4, -0.2) is 19.9 Å². The van der Waals surface area contributed by atoms with Crippen LogP contribution in [-0.2, 0) is 16.4 Å². The highest BCUT2D eigenvalue weighted by Crippen LogP contribution is 2.21. The number of aryl methyl sites for hydroxylation is 1. The van der Waals surface area contributed by atoms with Gasteiger partial charge < -0.3 is 5.32 Å². The average molecular weight is 315 g/mol. The molecule has 0 unspecified atom stereocenters. The van der Waals surface area contributed by atoms with Crippen molar-refractivity contribution in [2.75, 3.05) is 11.9 Å². The number of nitrogens with zero attached hydrogens (tertiary/aromatic N) is 1. The summed E-state index contributed by atoms with van der Waals surface area (Å²) in [5, 5.41) is 8.52. The molecule has 1 heterocycles. The third kappa shape index (κ3) is 4.26. The maximum absolute atomic E-state index is 13.0. The lowest BCUT2D eigenvalue weighted by molar-refractivity contribution is 0.599. The van der Waals surface area contributed by atoms with Crippen LogP contribution in [0.15, 0.2) is 34.7 Å². The van der Waals surface area contributed by atoms with Crippen molar-refractivity contribution in [2.24, 2.45) is 5.14 Å². The van der Waals surface area contributed by atoms with Gasteiger partial charge in [-0.1, -0.05) is 23.5 Å². The molecule has 0 amide bonds. The SMILES string of the molecule is NS(=O)(=O)c1cnc(NCCCc2cccc(F)c2)s1. The largest absolute Gasteiger partial charge is 0.361 e. The Labute approximate surface area is 120 Å². The number of hydrogen-bond acceptors (Lipinski definition) is 5. The molecule has 20 heavy (non-hydrogen) atoms. The molecule has 0 aliphatic heterocycles. The van der Waals surface area contributed by atoms with Gasteiger partial charge in [0.2, 0.25) is 10.0 Å². The van der Waals surface area contributed by atoms with Crippen molar-refractivity contribution in [3.05, 3.63) is 41.8 Å². The highest BCUT2D eigenvalue weighted by atomic mass is 32.2. The third-order valence-electron chi connectivity index (χ3n) is 2.57. The zero-order chi connectivity index (χ0) is 14.6. The van der Waals surface area contributed by atoms with Gasteiger partial charge in [-0.15, -0.1) is 0 Å². The fourth-order valence-electron chi connectivity index (χ4n) is 1.65. The average Bonchev–Trinajstić information content (AvgIpc) is 2.83. The number of nitrogens with one attached hydrogen (secondary N) is 1. The van der Waals surface area contributed by atoms with Crippen molar-refractivity contribution in [1.29, 1.82) is 0 Å². The predicted octanol–water partition coefficient (Wildman–Crippen LogP) is 1.97. The van der Waals surface area contributed by atoms with Crippen LogP contribution >= 0.6 is 11.3 Å². The number of primary sulfonamides is 1. The van der Waals surface area contributed by atoms with Crippen molar-refractivity contribution in [2.45, 2.75) is 17.1 Å². The molecule has 0 saturated carbocycles. The number of nitrogens with two attached hydrogens (primary N) is 1. The first-order chi connectivity index (χ1) is 9.45. The summed E-state index contributed by atoms with van der Waals surface area (Å²) in [7, 11) is -3.69. The van der Waals surface area contributed by atoms with Gasteiger partial charge in [0.1, 0.15) is 5.82 Å². The molecule has 0 bridgehead atoms. The molecule has 2 aromatic rings. The zero-order valence-electron chi connectivity index (χ0n) is 10.5. The Morgan fingerprint density at radius 2 is 2.20 bits per heavy atom. The van der Waals surface area contributed by atoms with Gasteiger partial charge in [-0.25, -0.2) is 22.9 Å². The lowest BCUT2D eigenvalue weighted by Crippen LogP contribution is -2.09. The van der Waals surface area contributed by atoms with Gasteiger partial charge in [0.05, 0.1) is 6.20 Å². The number of rotatable bonds is 6. The van der Waals surface area contributed by atoms with Gasteiger partial charge in [-0.2, -0.15) is 0 Å². The fourth-order valence-corrected chi connectivity index (χ4v) is 3.13. The first-order valence-electron chi connectivity index (χ1n) is 5.92. The Morgan fingerprint density at radius 1 is 1.40 bits per heavy atom. The van der Waals surface area contributed by atoms with E-state index in [0.29, 0.717) is 11.7 Å². The molecule has 0 atom stereocenters. The van der Waals surface area contributed by atoms with Gasteiger partial charge in [0.25, 0.3) is 0 Å². The van der Waals surface area contributed by atoms with E-state index < -0.39 is 10.0 Å². The first-order valence-corrected chi connectivity index (χ1v) is 8.28. The van der Waals surface area contributed by atoms with Gasteiger partial charge in [-0.3, -0.25) is 0 Å². The number of aromatic nitrogens is 1. The summed E-state index contributed by atoms with van der Waals surface area (Å²) < 4.78 is 35.2. The smallest absolute Gasteiger partial charge is 0.249 e. The number of anilines is 1. The Bertz CT molecular complexity index is 686. The fraction of sp³-hybridized carbons (Fsp3) is 0.250. The van der Waals surface area contributed by atoms with Crippen molar-refractivity contribution < 1.29 is 12.8 Å². The first kappa shape index (κ1) is 14.9. The normalized spacial score (nSPS) is 11.5. The number of thiazole rings is 1. The van der Waals surface area contributed by atoms with Gasteiger partial charge in [0, 0.05) is 6.54 Å². The van der Waals surface area contributed by atoms with E-state index in [1.807, 2.05) is 6.07 Å². The molecule has 1 aromatic carbocycles. The minimum Gasteiger partial charge on any atom is -0.361 e. The molecule has 0 spiro atoms. The summed E-state index contributed by atoms with van der Waals surface area (Å²) >= 11 is 0.993. The Hall–Kier alpha value is -1.51. The summed E-state index contributed by atoms with van der Waals surface area (Å²) in [6.45, 7) is 0.619. The molecule has 8 heteroatoms. The number of hydrogen-bond donors (Lipinski definition) is 2. The van der Waals surface area contributed by atoms with Gasteiger partial charge in [0.15, 0.2) is 9.34 Å². The second-order valence-electron chi connectivity index (χ2n) is 4.19. The molecule has 0 saturated heterocycles. The van der Waals surface area contributed by atoms with Crippen molar-refractivity contribution in [1.82, 2.24) is 4.98 Å². The molecule has 3 N–H and O–H groups in total.